The second kappa shape index (κ2) is 6.02. The summed E-state index contributed by atoms with van der Waals surface area (Å²) in [6, 6.07) is 19.1. The van der Waals surface area contributed by atoms with Gasteiger partial charge in [0.25, 0.3) is 5.91 Å². The van der Waals surface area contributed by atoms with E-state index in [0.29, 0.717) is 11.3 Å². The highest BCUT2D eigenvalue weighted by Gasteiger charge is 2.36. The summed E-state index contributed by atoms with van der Waals surface area (Å²) in [5.74, 6) is -1.39. The van der Waals surface area contributed by atoms with Crippen molar-refractivity contribution >= 4 is 17.3 Å². The largest absolute Gasteiger partial charge is 0.360 e. The summed E-state index contributed by atoms with van der Waals surface area (Å²) >= 11 is 0. The Kier molecular flexibility index (Phi) is 3.69. The van der Waals surface area contributed by atoms with E-state index in [4.69, 9.17) is 0 Å². The van der Waals surface area contributed by atoms with Crippen LogP contribution in [-0.2, 0) is 0 Å². The molecule has 124 valence electrons. The van der Waals surface area contributed by atoms with Gasteiger partial charge in [-0.1, -0.05) is 42.5 Å². The molecule has 0 fully saturated rings. The lowest BCUT2D eigenvalue weighted by Gasteiger charge is -2.38. The van der Waals surface area contributed by atoms with Gasteiger partial charge in [0.15, 0.2) is 0 Å². The van der Waals surface area contributed by atoms with E-state index in [1.54, 1.807) is 54.6 Å². The van der Waals surface area contributed by atoms with Crippen molar-refractivity contribution in [2.75, 3.05) is 10.2 Å². The summed E-state index contributed by atoms with van der Waals surface area (Å²) in [7, 11) is 0. The molecule has 3 nitrogen and oxygen atoms in total. The van der Waals surface area contributed by atoms with Crippen LogP contribution in [0.1, 0.15) is 22.1 Å². The number of rotatable bonds is 2. The third kappa shape index (κ3) is 2.54. The van der Waals surface area contributed by atoms with Gasteiger partial charge in [-0.25, -0.2) is 8.78 Å². The van der Waals surface area contributed by atoms with Crippen molar-refractivity contribution in [1.82, 2.24) is 0 Å². The minimum absolute atomic E-state index is 0.0998. The number of amides is 1. The molecule has 1 amide bonds. The number of para-hydroxylation sites is 2. The summed E-state index contributed by atoms with van der Waals surface area (Å²) in [5.41, 5.74) is 1.38. The number of benzene rings is 3. The molecule has 1 aliphatic heterocycles. The standard InChI is InChI=1S/C20H14F2N2O/c21-15-9-3-1-7-13(15)19-23-17-11-5-2-8-14(17)20(25)24(19)18-12-6-4-10-16(18)22/h1-12,19,23H. The molecule has 0 radical (unpaired) electrons. The highest BCUT2D eigenvalue weighted by molar-refractivity contribution is 6.12. The first kappa shape index (κ1) is 15.3. The van der Waals surface area contributed by atoms with Crippen molar-refractivity contribution < 1.29 is 13.6 Å². The second-order valence-electron chi connectivity index (χ2n) is 5.74. The first-order chi connectivity index (χ1) is 12.2. The molecule has 1 N–H and O–H groups in total. The van der Waals surface area contributed by atoms with E-state index in [2.05, 4.69) is 5.32 Å². The quantitative estimate of drug-likeness (QED) is 0.733. The zero-order valence-corrected chi connectivity index (χ0v) is 13.1. The summed E-state index contributed by atoms with van der Waals surface area (Å²) < 4.78 is 28.8. The molecule has 1 atom stereocenters. The summed E-state index contributed by atoms with van der Waals surface area (Å²) in [6.07, 6.45) is -0.847. The minimum Gasteiger partial charge on any atom is -0.360 e. The molecule has 25 heavy (non-hydrogen) atoms. The maximum Gasteiger partial charge on any atom is 0.262 e. The molecule has 0 aliphatic carbocycles. The van der Waals surface area contributed by atoms with Crippen LogP contribution >= 0.6 is 0 Å². The Bertz CT molecular complexity index is 958. The molecule has 1 heterocycles. The van der Waals surface area contributed by atoms with Gasteiger partial charge in [0, 0.05) is 11.3 Å². The number of nitrogens with zero attached hydrogens (tertiary/aromatic N) is 1. The van der Waals surface area contributed by atoms with Gasteiger partial charge in [-0.2, -0.15) is 0 Å². The van der Waals surface area contributed by atoms with Crippen molar-refractivity contribution in [2.45, 2.75) is 6.17 Å². The zero-order chi connectivity index (χ0) is 17.4. The number of carbonyl (C=O) groups is 1. The van der Waals surface area contributed by atoms with Crippen LogP contribution in [0.2, 0.25) is 0 Å². The molecule has 0 spiro atoms. The fraction of sp³-hybridized carbons (Fsp3) is 0.0500. The lowest BCUT2D eigenvalue weighted by atomic mass is 10.0. The third-order valence-corrected chi connectivity index (χ3v) is 4.24. The van der Waals surface area contributed by atoms with E-state index >= 15 is 0 Å². The SMILES string of the molecule is O=C1c2ccccc2NC(c2ccccc2F)N1c1ccccc1F. The number of nitrogens with one attached hydrogen (secondary N) is 1. The maximum atomic E-state index is 14.4. The maximum absolute atomic E-state index is 14.4. The number of anilines is 2. The van der Waals surface area contributed by atoms with E-state index in [0.717, 1.165) is 0 Å². The van der Waals surface area contributed by atoms with Crippen LogP contribution in [0, 0.1) is 11.6 Å². The molecular weight excluding hydrogens is 322 g/mol. The first-order valence-corrected chi connectivity index (χ1v) is 7.85. The van der Waals surface area contributed by atoms with Gasteiger partial charge >= 0.3 is 0 Å². The molecule has 3 aromatic carbocycles. The van der Waals surface area contributed by atoms with Gasteiger partial charge in [0.05, 0.1) is 11.3 Å². The second-order valence-corrected chi connectivity index (χ2v) is 5.74. The molecule has 0 aromatic heterocycles. The van der Waals surface area contributed by atoms with E-state index in [-0.39, 0.29) is 17.2 Å². The number of hydrogen-bond acceptors (Lipinski definition) is 2. The van der Waals surface area contributed by atoms with Crippen molar-refractivity contribution in [3.8, 4) is 0 Å². The molecule has 0 saturated heterocycles. The fourth-order valence-corrected chi connectivity index (χ4v) is 3.06. The zero-order valence-electron chi connectivity index (χ0n) is 13.1. The normalized spacial score (nSPS) is 16.3. The molecule has 0 bridgehead atoms. The molecule has 5 heteroatoms. The number of fused-ring (bicyclic) bond motifs is 1. The van der Waals surface area contributed by atoms with Crippen molar-refractivity contribution in [3.63, 3.8) is 0 Å². The Balaban J connectivity index is 1.92. The van der Waals surface area contributed by atoms with Gasteiger partial charge in [-0.05, 0) is 30.3 Å². The van der Waals surface area contributed by atoms with Crippen molar-refractivity contribution in [2.24, 2.45) is 0 Å². The van der Waals surface area contributed by atoms with Gasteiger partial charge in [0.2, 0.25) is 0 Å². The summed E-state index contributed by atoms with van der Waals surface area (Å²) in [5, 5.41) is 3.16. The highest BCUT2D eigenvalue weighted by Crippen LogP contribution is 2.38. The predicted octanol–water partition coefficient (Wildman–Crippen LogP) is 4.74. The fourth-order valence-electron chi connectivity index (χ4n) is 3.06. The lowest BCUT2D eigenvalue weighted by Crippen LogP contribution is -2.44. The van der Waals surface area contributed by atoms with Crippen LogP contribution in [0.25, 0.3) is 0 Å². The van der Waals surface area contributed by atoms with E-state index < -0.39 is 17.8 Å². The molecule has 1 unspecified atom stereocenters. The molecule has 4 rings (SSSR count). The van der Waals surface area contributed by atoms with Gasteiger partial charge < -0.3 is 5.32 Å². The summed E-state index contributed by atoms with van der Waals surface area (Å²) in [6.45, 7) is 0. The first-order valence-electron chi connectivity index (χ1n) is 7.85. The van der Waals surface area contributed by atoms with Crippen LogP contribution in [-0.4, -0.2) is 5.91 Å². The lowest BCUT2D eigenvalue weighted by molar-refractivity contribution is 0.0973. The smallest absolute Gasteiger partial charge is 0.262 e. The van der Waals surface area contributed by atoms with Gasteiger partial charge in [-0.3, -0.25) is 9.69 Å². The monoisotopic (exact) mass is 336 g/mol. The van der Waals surface area contributed by atoms with Crippen LogP contribution in [0.3, 0.4) is 0 Å². The van der Waals surface area contributed by atoms with Crippen LogP contribution in [0.5, 0.6) is 0 Å². The van der Waals surface area contributed by atoms with E-state index in [9.17, 15) is 13.6 Å². The average Bonchev–Trinajstić information content (AvgIpc) is 2.63. The molecule has 0 saturated carbocycles. The van der Waals surface area contributed by atoms with Crippen LogP contribution in [0.4, 0.5) is 20.2 Å². The third-order valence-electron chi connectivity index (χ3n) is 4.24. The predicted molar refractivity (Wildman–Crippen MR) is 92.4 cm³/mol. The van der Waals surface area contributed by atoms with Gasteiger partial charge in [0.1, 0.15) is 17.8 Å². The molecule has 3 aromatic rings. The Hall–Kier alpha value is -3.21. The number of halogens is 2. The summed E-state index contributed by atoms with van der Waals surface area (Å²) in [4.78, 5) is 14.3. The Morgan fingerprint density at radius 1 is 0.800 bits per heavy atom. The Morgan fingerprint density at radius 2 is 1.44 bits per heavy atom. The van der Waals surface area contributed by atoms with Crippen LogP contribution in [0.15, 0.2) is 72.8 Å². The minimum atomic E-state index is -0.847. The number of hydrogen-bond donors (Lipinski definition) is 1. The van der Waals surface area contributed by atoms with Crippen molar-refractivity contribution in [3.05, 3.63) is 95.6 Å². The van der Waals surface area contributed by atoms with Crippen LogP contribution < -0.4 is 10.2 Å². The topological polar surface area (TPSA) is 32.3 Å². The van der Waals surface area contributed by atoms with E-state index in [1.165, 1.54) is 23.1 Å². The molecular formula is C20H14F2N2O. The van der Waals surface area contributed by atoms with Crippen molar-refractivity contribution in [1.29, 1.82) is 0 Å². The highest BCUT2D eigenvalue weighted by atomic mass is 19.1. The Morgan fingerprint density at radius 3 is 2.20 bits per heavy atom. The number of carbonyl (C=O) groups excluding carboxylic acids is 1. The Labute approximate surface area is 143 Å². The van der Waals surface area contributed by atoms with Gasteiger partial charge in [-0.15, -0.1) is 0 Å². The van der Waals surface area contributed by atoms with E-state index in [1.807, 2.05) is 0 Å². The average molecular weight is 336 g/mol. The molecule has 1 aliphatic rings.